The molecule has 0 saturated carbocycles. The molecule has 0 nitrogen and oxygen atoms in total. The molecule has 0 saturated heterocycles. The van der Waals surface area contributed by atoms with E-state index in [1.807, 2.05) is 0 Å². The molecule has 1 rings (SSSR count). The van der Waals surface area contributed by atoms with Crippen LogP contribution in [0.15, 0.2) is 24.3 Å². The van der Waals surface area contributed by atoms with Gasteiger partial charge in [-0.15, -0.1) is 23.5 Å². The summed E-state index contributed by atoms with van der Waals surface area (Å²) >= 11 is -2.62. The monoisotopic (exact) mass is 1260 g/mol. The maximum Gasteiger partial charge on any atom is 0.460 e. The van der Waals surface area contributed by atoms with E-state index in [0.717, 1.165) is 0 Å². The number of hydrogen-bond acceptors (Lipinski definition) is 2. The molecule has 0 bridgehead atoms. The Kier molecular flexibility index (Phi) is 18.1. The summed E-state index contributed by atoms with van der Waals surface area (Å²) in [5.41, 5.74) is -4.98. The van der Waals surface area contributed by atoms with Gasteiger partial charge >= 0.3 is 119 Å². The molecular formula is C32H16F42S2. The van der Waals surface area contributed by atoms with E-state index < -0.39 is 200 Å². The van der Waals surface area contributed by atoms with Gasteiger partial charge in [0.2, 0.25) is 0 Å². The summed E-state index contributed by atoms with van der Waals surface area (Å²) in [5.74, 6) is -168. The fourth-order valence-corrected chi connectivity index (χ4v) is 7.57. The zero-order valence-electron chi connectivity index (χ0n) is 34.6. The van der Waals surface area contributed by atoms with Gasteiger partial charge in [-0.05, 0) is 22.6 Å². The molecule has 0 radical (unpaired) electrons. The van der Waals surface area contributed by atoms with Crippen LogP contribution >= 0.6 is 23.5 Å². The maximum absolute atomic E-state index is 15.5. The van der Waals surface area contributed by atoms with Crippen LogP contribution in [0.4, 0.5) is 184 Å². The normalized spacial score (nSPS) is 17.3. The molecule has 0 aliphatic rings. The van der Waals surface area contributed by atoms with Gasteiger partial charge in [0.05, 0.1) is 10.5 Å². The lowest BCUT2D eigenvalue weighted by atomic mass is 9.84. The van der Waals surface area contributed by atoms with Crippen molar-refractivity contribution in [3.05, 3.63) is 35.4 Å². The minimum absolute atomic E-state index is 0.293. The second-order valence-corrected chi connectivity index (χ2v) is 17.5. The number of halogens is 42. The summed E-state index contributed by atoms with van der Waals surface area (Å²) in [6, 6.07) is -2.46. The van der Waals surface area contributed by atoms with Crippen LogP contribution < -0.4 is 0 Å². The van der Waals surface area contributed by atoms with Gasteiger partial charge in [0, 0.05) is 0 Å². The Bertz CT molecular complexity index is 2030. The Morgan fingerprint density at radius 1 is 0.263 bits per heavy atom. The largest absolute Gasteiger partial charge is 0.460 e. The zero-order chi connectivity index (χ0) is 62.0. The first-order valence-electron chi connectivity index (χ1n) is 17.9. The van der Waals surface area contributed by atoms with Gasteiger partial charge in [-0.3, -0.25) is 0 Å². The summed E-state index contributed by atoms with van der Waals surface area (Å²) in [6.07, 6.45) is -16.7. The predicted molar refractivity (Wildman–Crippen MR) is 169 cm³/mol. The molecule has 2 unspecified atom stereocenters. The first-order chi connectivity index (χ1) is 32.6. The highest BCUT2D eigenvalue weighted by molar-refractivity contribution is 7.99. The van der Waals surface area contributed by atoms with Crippen molar-refractivity contribution in [1.82, 2.24) is 0 Å². The first kappa shape index (κ1) is 71.0. The van der Waals surface area contributed by atoms with Crippen LogP contribution in [0.3, 0.4) is 0 Å². The van der Waals surface area contributed by atoms with E-state index in [9.17, 15) is 149 Å². The van der Waals surface area contributed by atoms with Crippen molar-refractivity contribution in [2.75, 3.05) is 11.5 Å². The Morgan fingerprint density at radius 2 is 0.421 bits per heavy atom. The molecule has 1 aromatic rings. The summed E-state index contributed by atoms with van der Waals surface area (Å²) < 4.78 is 589. The second kappa shape index (κ2) is 19.3. The lowest BCUT2D eigenvalue weighted by Gasteiger charge is -2.45. The maximum atomic E-state index is 15.5. The summed E-state index contributed by atoms with van der Waals surface area (Å²) in [7, 11) is 0. The lowest BCUT2D eigenvalue weighted by molar-refractivity contribution is -0.474. The second-order valence-electron chi connectivity index (χ2n) is 14.8. The fourth-order valence-electron chi connectivity index (χ4n) is 5.51. The molecule has 450 valence electrons. The van der Waals surface area contributed by atoms with Gasteiger partial charge in [-0.1, -0.05) is 38.1 Å². The van der Waals surface area contributed by atoms with Crippen molar-refractivity contribution in [2.24, 2.45) is 0 Å². The molecule has 0 heterocycles. The van der Waals surface area contributed by atoms with Crippen molar-refractivity contribution in [3.63, 3.8) is 0 Å². The van der Waals surface area contributed by atoms with Crippen molar-refractivity contribution in [1.29, 1.82) is 0 Å². The third-order valence-corrected chi connectivity index (χ3v) is 12.4. The van der Waals surface area contributed by atoms with Crippen LogP contribution in [-0.2, 0) is 0 Å². The number of benzene rings is 1. The van der Waals surface area contributed by atoms with Gasteiger partial charge < -0.3 is 0 Å². The SMILES string of the molecule is CCSC(c1cccc(C(SCC)C(F)(F)C(F)(F)C(F)(F)C(F)(F)C(F)(F)C(F)(F)C(F)(F)C(F)(F)C(F)(F)C(F)(F)F)c1)C(F)(F)C(F)(F)C(F)(F)C(F)(F)C(F)(F)C(F)(F)C(F)(F)C(F)(F)C(F)(F)C(F)(F)F. The number of rotatable bonds is 24. The highest BCUT2D eigenvalue weighted by Crippen LogP contribution is 2.70. The van der Waals surface area contributed by atoms with Gasteiger partial charge in [-0.25, -0.2) is 0 Å². The summed E-state index contributed by atoms with van der Waals surface area (Å²) in [5, 5.41) is -9.31. The third kappa shape index (κ3) is 9.14. The molecule has 0 spiro atoms. The molecule has 0 N–H and O–H groups in total. The molecule has 0 aliphatic heterocycles. The summed E-state index contributed by atoms with van der Waals surface area (Å²) in [6.45, 7) is 0.585. The zero-order valence-corrected chi connectivity index (χ0v) is 36.2. The minimum Gasteiger partial charge on any atom is -0.198 e. The van der Waals surface area contributed by atoms with E-state index in [0.29, 0.717) is 13.8 Å². The molecular weight excluding hydrogens is 1250 g/mol. The Morgan fingerprint density at radius 3 is 0.579 bits per heavy atom. The Labute approximate surface area is 398 Å². The molecule has 0 aliphatic carbocycles. The van der Waals surface area contributed by atoms with Crippen molar-refractivity contribution < 1.29 is 184 Å². The van der Waals surface area contributed by atoms with Crippen LogP contribution in [-0.4, -0.2) is 130 Å². The standard InChI is InChI=1S/C32H16F42S2/c1-3-75-11(13(33,34)15(37,38)17(41,42)19(45,46)21(49,50)23(53,54)25(57,58)27(61,62)29(65,66)31(69,70)71)9-6-5-7-10(8-9)12(76-4-2)14(35,36)16(39,40)18(43,44)20(47,48)22(51,52)24(55,56)26(59,60)28(63,64)30(67,68)32(72,73)74/h5-8,11-12H,3-4H2,1-2H3. The fraction of sp³-hybridized carbons (Fsp3) is 0.812. The van der Waals surface area contributed by atoms with Crippen LogP contribution in [0.25, 0.3) is 0 Å². The van der Waals surface area contributed by atoms with Gasteiger partial charge in [0.15, 0.2) is 0 Å². The van der Waals surface area contributed by atoms with Crippen molar-refractivity contribution in [3.8, 4) is 0 Å². The average Bonchev–Trinajstić information content (AvgIpc) is 3.22. The molecule has 0 fully saturated rings. The van der Waals surface area contributed by atoms with Gasteiger partial charge in [-0.2, -0.15) is 184 Å². The molecule has 2 atom stereocenters. The van der Waals surface area contributed by atoms with Gasteiger partial charge in [0.1, 0.15) is 0 Å². The molecule has 44 heteroatoms. The first-order valence-corrected chi connectivity index (χ1v) is 20.0. The number of alkyl halides is 42. The smallest absolute Gasteiger partial charge is 0.198 e. The van der Waals surface area contributed by atoms with E-state index in [1.54, 1.807) is 0 Å². The van der Waals surface area contributed by atoms with E-state index >= 15 is 35.1 Å². The van der Waals surface area contributed by atoms with Crippen LogP contribution in [0.5, 0.6) is 0 Å². The third-order valence-electron chi connectivity index (χ3n) is 9.91. The van der Waals surface area contributed by atoms with E-state index in [-0.39, 0.29) is 0 Å². The van der Waals surface area contributed by atoms with E-state index in [4.69, 9.17) is 0 Å². The predicted octanol–water partition coefficient (Wildman–Crippen LogP) is 17.8. The average molecular weight is 1260 g/mol. The topological polar surface area (TPSA) is 0 Å². The number of thioether (sulfide) groups is 2. The highest BCUT2D eigenvalue weighted by Gasteiger charge is 3.00. The van der Waals surface area contributed by atoms with E-state index in [2.05, 4.69) is 0 Å². The lowest BCUT2D eigenvalue weighted by Crippen LogP contribution is -2.77. The molecule has 76 heavy (non-hydrogen) atoms. The minimum atomic E-state index is -9.71. The number of hydrogen-bond donors (Lipinski definition) is 0. The Hall–Kier alpha value is -3.02. The van der Waals surface area contributed by atoms with E-state index in [1.165, 1.54) is 0 Å². The quantitative estimate of drug-likeness (QED) is 0.0947. The Balaban J connectivity index is 4.23. The van der Waals surface area contributed by atoms with Crippen molar-refractivity contribution in [2.45, 2.75) is 143 Å². The molecule has 1 aromatic carbocycles. The summed E-state index contributed by atoms with van der Waals surface area (Å²) in [4.78, 5) is 0. The molecule has 0 amide bonds. The van der Waals surface area contributed by atoms with Crippen LogP contribution in [0.1, 0.15) is 35.5 Å². The van der Waals surface area contributed by atoms with Crippen molar-refractivity contribution >= 4 is 23.5 Å². The van der Waals surface area contributed by atoms with Crippen LogP contribution in [0.2, 0.25) is 0 Å². The van der Waals surface area contributed by atoms with Gasteiger partial charge in [0.25, 0.3) is 0 Å². The van der Waals surface area contributed by atoms with Crippen LogP contribution in [0, 0.1) is 0 Å². The highest BCUT2D eigenvalue weighted by atomic mass is 32.2. The molecule has 0 aromatic heterocycles.